The van der Waals surface area contributed by atoms with Gasteiger partial charge >= 0.3 is 0 Å². The lowest BCUT2D eigenvalue weighted by Gasteiger charge is -1.98. The molecule has 0 unspecified atom stereocenters. The fourth-order valence-electron chi connectivity index (χ4n) is 0.396. The highest BCUT2D eigenvalue weighted by atomic mass is 16.6. The van der Waals surface area contributed by atoms with E-state index in [-0.39, 0.29) is 6.61 Å². The van der Waals surface area contributed by atoms with Crippen LogP contribution >= 0.6 is 0 Å². The van der Waals surface area contributed by atoms with Crippen LogP contribution in [0, 0.1) is 12.3 Å². The Hall–Kier alpha value is -1.17. The van der Waals surface area contributed by atoms with E-state index in [2.05, 4.69) is 15.9 Å². The van der Waals surface area contributed by atoms with Gasteiger partial charge in [0.2, 0.25) is 5.90 Å². The maximum atomic E-state index is 4.94. The minimum absolute atomic E-state index is 0.185. The van der Waals surface area contributed by atoms with Crippen molar-refractivity contribution in [3.05, 3.63) is 0 Å². The molecule has 0 bridgehead atoms. The first-order chi connectivity index (χ1) is 4.81. The first-order valence-corrected chi connectivity index (χ1v) is 3.04. The topological polar surface area (TPSA) is 30.8 Å². The van der Waals surface area contributed by atoms with E-state index in [1.54, 1.807) is 6.92 Å². The minimum Gasteiger partial charge on any atom is -0.479 e. The molecule has 0 amide bonds. The molecule has 56 valence electrons. The van der Waals surface area contributed by atoms with Gasteiger partial charge < -0.3 is 9.57 Å². The van der Waals surface area contributed by atoms with Gasteiger partial charge in [-0.3, -0.25) is 0 Å². The van der Waals surface area contributed by atoms with Crippen molar-refractivity contribution < 1.29 is 9.57 Å². The summed E-state index contributed by atoms with van der Waals surface area (Å²) in [4.78, 5) is 4.62. The summed E-state index contributed by atoms with van der Waals surface area (Å²) in [5.41, 5.74) is 0. The first kappa shape index (κ1) is 8.83. The average molecular weight is 141 g/mol. The highest BCUT2D eigenvalue weighted by molar-refractivity contribution is 5.72. The molecule has 0 aromatic rings. The molecule has 0 aliphatic carbocycles. The van der Waals surface area contributed by atoms with Gasteiger partial charge in [-0.1, -0.05) is 11.1 Å². The van der Waals surface area contributed by atoms with Crippen LogP contribution in [0.25, 0.3) is 0 Å². The molecule has 0 aliphatic rings. The van der Waals surface area contributed by atoms with Crippen LogP contribution < -0.4 is 0 Å². The molecule has 0 aromatic heterocycles. The molecular weight excluding hydrogens is 130 g/mol. The molecule has 3 heteroatoms. The molecule has 0 radical (unpaired) electrons. The summed E-state index contributed by atoms with van der Waals surface area (Å²) in [6.07, 6.45) is 4.90. The van der Waals surface area contributed by atoms with Gasteiger partial charge in [-0.15, -0.1) is 6.42 Å². The standard InChI is InChI=1S/C7H11NO2/c1-4-6-10-8-7(3)9-5-2/h1H,5-6H2,2-3H3. The van der Waals surface area contributed by atoms with Gasteiger partial charge in [-0.25, -0.2) is 0 Å². The van der Waals surface area contributed by atoms with Crippen molar-refractivity contribution in [1.29, 1.82) is 0 Å². The molecular formula is C7H11NO2. The van der Waals surface area contributed by atoms with Crippen molar-refractivity contribution in [2.45, 2.75) is 13.8 Å². The van der Waals surface area contributed by atoms with Gasteiger partial charge in [0, 0.05) is 6.92 Å². The van der Waals surface area contributed by atoms with E-state index < -0.39 is 0 Å². The number of terminal acetylenes is 1. The third-order valence-corrected chi connectivity index (χ3v) is 0.694. The van der Waals surface area contributed by atoms with Crippen LogP contribution in [0.3, 0.4) is 0 Å². The molecule has 10 heavy (non-hydrogen) atoms. The van der Waals surface area contributed by atoms with Crippen LogP contribution in [-0.4, -0.2) is 19.1 Å². The number of nitrogens with zero attached hydrogens (tertiary/aromatic N) is 1. The van der Waals surface area contributed by atoms with Gasteiger partial charge in [-0.2, -0.15) is 0 Å². The van der Waals surface area contributed by atoms with Crippen LogP contribution in [0.4, 0.5) is 0 Å². The third kappa shape index (κ3) is 4.98. The molecule has 0 fully saturated rings. The third-order valence-electron chi connectivity index (χ3n) is 0.694. The normalized spacial score (nSPS) is 10.3. The Morgan fingerprint density at radius 1 is 1.70 bits per heavy atom. The zero-order valence-electron chi connectivity index (χ0n) is 6.26. The van der Waals surface area contributed by atoms with Gasteiger partial charge in [0.25, 0.3) is 0 Å². The second-order valence-corrected chi connectivity index (χ2v) is 1.52. The van der Waals surface area contributed by atoms with E-state index >= 15 is 0 Å². The molecule has 0 aliphatic heterocycles. The zero-order chi connectivity index (χ0) is 7.82. The maximum absolute atomic E-state index is 4.94. The van der Waals surface area contributed by atoms with Crippen molar-refractivity contribution in [2.75, 3.05) is 13.2 Å². The second kappa shape index (κ2) is 5.96. The van der Waals surface area contributed by atoms with Crippen molar-refractivity contribution in [3.8, 4) is 12.3 Å². The average Bonchev–Trinajstić information content (AvgIpc) is 1.89. The predicted octanol–water partition coefficient (Wildman–Crippen LogP) is 1.01. The van der Waals surface area contributed by atoms with Crippen LogP contribution in [0.5, 0.6) is 0 Å². The molecule has 0 saturated heterocycles. The lowest BCUT2D eigenvalue weighted by Crippen LogP contribution is -1.99. The summed E-state index contributed by atoms with van der Waals surface area (Å²) in [6.45, 7) is 4.36. The Labute approximate surface area is 61.0 Å². The lowest BCUT2D eigenvalue weighted by molar-refractivity contribution is 0.164. The summed E-state index contributed by atoms with van der Waals surface area (Å²) in [5.74, 6) is 2.78. The number of hydrogen-bond donors (Lipinski definition) is 0. The quantitative estimate of drug-likeness (QED) is 0.193. The SMILES string of the molecule is C#CCON=C(C)OCC. The van der Waals surface area contributed by atoms with Crippen molar-refractivity contribution >= 4 is 5.90 Å². The van der Waals surface area contributed by atoms with E-state index in [0.29, 0.717) is 12.5 Å². The molecule has 0 atom stereocenters. The monoisotopic (exact) mass is 141 g/mol. The molecule has 0 aromatic carbocycles. The van der Waals surface area contributed by atoms with E-state index in [1.807, 2.05) is 6.92 Å². The molecule has 0 spiro atoms. The number of oxime groups is 1. The van der Waals surface area contributed by atoms with Gasteiger partial charge in [-0.05, 0) is 6.92 Å². The maximum Gasteiger partial charge on any atom is 0.222 e. The zero-order valence-corrected chi connectivity index (χ0v) is 6.26. The Bertz CT molecular complexity index is 146. The summed E-state index contributed by atoms with van der Waals surface area (Å²) >= 11 is 0. The fourth-order valence-corrected chi connectivity index (χ4v) is 0.396. The Balaban J connectivity index is 3.39. The van der Waals surface area contributed by atoms with Gasteiger partial charge in [0.05, 0.1) is 6.61 Å². The highest BCUT2D eigenvalue weighted by Gasteiger charge is 1.86. The second-order valence-electron chi connectivity index (χ2n) is 1.52. The smallest absolute Gasteiger partial charge is 0.222 e. The fraction of sp³-hybridized carbons (Fsp3) is 0.571. The molecule has 3 nitrogen and oxygen atoms in total. The lowest BCUT2D eigenvalue weighted by atomic mass is 10.7. The largest absolute Gasteiger partial charge is 0.479 e. The summed E-state index contributed by atoms with van der Waals surface area (Å²) in [6, 6.07) is 0. The van der Waals surface area contributed by atoms with Gasteiger partial charge in [0.1, 0.15) is 0 Å². The summed E-state index contributed by atoms with van der Waals surface area (Å²) < 4.78 is 4.94. The summed E-state index contributed by atoms with van der Waals surface area (Å²) in [5, 5.41) is 3.56. The number of ether oxygens (including phenoxy) is 1. The summed E-state index contributed by atoms with van der Waals surface area (Å²) in [7, 11) is 0. The molecule has 0 heterocycles. The van der Waals surface area contributed by atoms with Gasteiger partial charge in [0.15, 0.2) is 6.61 Å². The van der Waals surface area contributed by atoms with E-state index in [1.165, 1.54) is 0 Å². The number of hydrogen-bond acceptors (Lipinski definition) is 3. The predicted molar refractivity (Wildman–Crippen MR) is 39.5 cm³/mol. The minimum atomic E-state index is 0.185. The van der Waals surface area contributed by atoms with Crippen LogP contribution in [-0.2, 0) is 9.57 Å². The van der Waals surface area contributed by atoms with Crippen molar-refractivity contribution in [1.82, 2.24) is 0 Å². The van der Waals surface area contributed by atoms with Crippen molar-refractivity contribution in [3.63, 3.8) is 0 Å². The first-order valence-electron chi connectivity index (χ1n) is 3.04. The van der Waals surface area contributed by atoms with E-state index in [9.17, 15) is 0 Å². The Kier molecular flexibility index (Phi) is 5.26. The van der Waals surface area contributed by atoms with E-state index in [4.69, 9.17) is 11.2 Å². The molecule has 0 rings (SSSR count). The number of rotatable bonds is 3. The van der Waals surface area contributed by atoms with Crippen LogP contribution in [0.1, 0.15) is 13.8 Å². The Morgan fingerprint density at radius 3 is 2.90 bits per heavy atom. The van der Waals surface area contributed by atoms with Crippen LogP contribution in [0.15, 0.2) is 5.16 Å². The Morgan fingerprint density at radius 2 is 2.40 bits per heavy atom. The highest BCUT2D eigenvalue weighted by Crippen LogP contribution is 1.82. The van der Waals surface area contributed by atoms with Crippen LogP contribution in [0.2, 0.25) is 0 Å². The van der Waals surface area contributed by atoms with E-state index in [0.717, 1.165) is 0 Å². The molecule has 0 N–H and O–H groups in total. The van der Waals surface area contributed by atoms with Crippen molar-refractivity contribution in [2.24, 2.45) is 5.16 Å². The molecule has 0 saturated carbocycles.